The molecular formula is C24H21Cl2F2NO. The minimum Gasteiger partial charge on any atom is -0.388 e. The number of hydrogen-bond acceptors (Lipinski definition) is 2. The highest BCUT2D eigenvalue weighted by molar-refractivity contribution is 6.30. The first-order chi connectivity index (χ1) is 14.4. The zero-order valence-electron chi connectivity index (χ0n) is 16.1. The van der Waals surface area contributed by atoms with E-state index in [-0.39, 0.29) is 17.5 Å². The van der Waals surface area contributed by atoms with Gasteiger partial charge in [-0.3, -0.25) is 4.90 Å². The molecule has 0 bridgehead atoms. The van der Waals surface area contributed by atoms with Gasteiger partial charge in [-0.15, -0.1) is 0 Å². The van der Waals surface area contributed by atoms with E-state index in [0.717, 1.165) is 30.3 Å². The number of hydrogen-bond donors (Lipinski definition) is 1. The summed E-state index contributed by atoms with van der Waals surface area (Å²) in [7, 11) is 0. The van der Waals surface area contributed by atoms with Gasteiger partial charge in [0, 0.05) is 29.2 Å². The summed E-state index contributed by atoms with van der Waals surface area (Å²) >= 11 is 12.1. The Bertz CT molecular complexity index is 939. The quantitative estimate of drug-likeness (QED) is 0.471. The van der Waals surface area contributed by atoms with Crippen LogP contribution in [-0.4, -0.2) is 23.1 Å². The molecule has 3 aromatic carbocycles. The molecule has 0 aliphatic carbocycles. The second kappa shape index (κ2) is 9.03. The lowest BCUT2D eigenvalue weighted by molar-refractivity contribution is 0.0290. The second-order valence-electron chi connectivity index (χ2n) is 7.78. The maximum absolute atomic E-state index is 13.4. The monoisotopic (exact) mass is 447 g/mol. The molecule has 0 saturated carbocycles. The van der Waals surface area contributed by atoms with Crippen molar-refractivity contribution in [3.8, 4) is 0 Å². The fraction of sp³-hybridized carbons (Fsp3) is 0.250. The molecule has 2 nitrogen and oxygen atoms in total. The minimum atomic E-state index is -0.896. The van der Waals surface area contributed by atoms with Crippen molar-refractivity contribution < 1.29 is 13.9 Å². The van der Waals surface area contributed by atoms with Crippen LogP contribution >= 0.6 is 23.2 Å². The number of benzene rings is 3. The van der Waals surface area contributed by atoms with E-state index in [2.05, 4.69) is 4.90 Å². The standard InChI is InChI=1S/C24H21Cl2F2NO/c25-19-5-1-16(2-6-19)24(17-3-7-20(26)8-4-17)29-13-15(14-29)9-23(30)18-10-21(27)12-22(28)11-18/h1-8,10-12,15,23-24,30H,9,13-14H2. The van der Waals surface area contributed by atoms with Crippen molar-refractivity contribution >= 4 is 23.2 Å². The van der Waals surface area contributed by atoms with Gasteiger partial charge in [0.05, 0.1) is 12.1 Å². The highest BCUT2D eigenvalue weighted by atomic mass is 35.5. The SMILES string of the molecule is OC(CC1CN(C(c2ccc(Cl)cc2)c2ccc(Cl)cc2)C1)c1cc(F)cc(F)c1. The van der Waals surface area contributed by atoms with E-state index >= 15 is 0 Å². The lowest BCUT2D eigenvalue weighted by atomic mass is 9.86. The summed E-state index contributed by atoms with van der Waals surface area (Å²) < 4.78 is 26.9. The molecule has 156 valence electrons. The van der Waals surface area contributed by atoms with E-state index in [1.54, 1.807) is 0 Å². The first-order valence-electron chi connectivity index (χ1n) is 9.78. The summed E-state index contributed by atoms with van der Waals surface area (Å²) in [5.74, 6) is -1.12. The summed E-state index contributed by atoms with van der Waals surface area (Å²) in [6.45, 7) is 1.54. The Morgan fingerprint density at radius 3 is 1.73 bits per heavy atom. The minimum absolute atomic E-state index is 0.0412. The van der Waals surface area contributed by atoms with Gasteiger partial charge in [0.2, 0.25) is 0 Å². The molecule has 1 saturated heterocycles. The highest BCUT2D eigenvalue weighted by Crippen LogP contribution is 2.38. The van der Waals surface area contributed by atoms with Gasteiger partial charge in [0.1, 0.15) is 11.6 Å². The lowest BCUT2D eigenvalue weighted by Gasteiger charge is -2.45. The molecule has 0 spiro atoms. The fourth-order valence-corrected chi connectivity index (χ4v) is 4.35. The van der Waals surface area contributed by atoms with E-state index in [1.807, 2.05) is 48.5 Å². The Morgan fingerprint density at radius 2 is 1.27 bits per heavy atom. The van der Waals surface area contributed by atoms with Crippen LogP contribution < -0.4 is 0 Å². The average molecular weight is 448 g/mol. The molecule has 1 unspecified atom stereocenters. The van der Waals surface area contributed by atoms with Crippen molar-refractivity contribution in [3.05, 3.63) is 105 Å². The van der Waals surface area contributed by atoms with Gasteiger partial charge in [0.25, 0.3) is 0 Å². The molecule has 1 fully saturated rings. The van der Waals surface area contributed by atoms with Crippen LogP contribution in [-0.2, 0) is 0 Å². The van der Waals surface area contributed by atoms with Crippen LogP contribution in [0.15, 0.2) is 66.7 Å². The van der Waals surface area contributed by atoms with Crippen molar-refractivity contribution in [2.24, 2.45) is 5.92 Å². The molecule has 0 aromatic heterocycles. The number of aliphatic hydroxyl groups excluding tert-OH is 1. The Labute approximate surface area is 184 Å². The number of nitrogens with zero attached hydrogens (tertiary/aromatic N) is 1. The molecule has 1 heterocycles. The van der Waals surface area contributed by atoms with Gasteiger partial charge in [-0.1, -0.05) is 47.5 Å². The maximum Gasteiger partial charge on any atom is 0.126 e. The number of rotatable bonds is 6. The molecule has 1 atom stereocenters. The molecule has 1 aliphatic rings. The summed E-state index contributed by atoms with van der Waals surface area (Å²) in [6, 6.07) is 18.8. The van der Waals surface area contributed by atoms with Crippen molar-refractivity contribution in [1.29, 1.82) is 0 Å². The van der Waals surface area contributed by atoms with Crippen LogP contribution in [0, 0.1) is 17.6 Å². The van der Waals surface area contributed by atoms with Crippen LogP contribution in [0.4, 0.5) is 8.78 Å². The molecule has 1 aliphatic heterocycles. The normalized spacial score (nSPS) is 15.9. The highest BCUT2D eigenvalue weighted by Gasteiger charge is 2.35. The van der Waals surface area contributed by atoms with E-state index in [0.29, 0.717) is 16.5 Å². The third-order valence-corrected chi connectivity index (χ3v) is 6.05. The maximum atomic E-state index is 13.4. The molecule has 6 heteroatoms. The van der Waals surface area contributed by atoms with E-state index < -0.39 is 17.7 Å². The first-order valence-corrected chi connectivity index (χ1v) is 10.5. The zero-order chi connectivity index (χ0) is 21.3. The largest absolute Gasteiger partial charge is 0.388 e. The molecule has 4 rings (SSSR count). The fourth-order valence-electron chi connectivity index (χ4n) is 4.09. The van der Waals surface area contributed by atoms with Crippen molar-refractivity contribution in [2.75, 3.05) is 13.1 Å². The van der Waals surface area contributed by atoms with Gasteiger partial charge in [-0.2, -0.15) is 0 Å². The molecule has 30 heavy (non-hydrogen) atoms. The van der Waals surface area contributed by atoms with Crippen molar-refractivity contribution in [2.45, 2.75) is 18.6 Å². The third kappa shape index (κ3) is 4.84. The van der Waals surface area contributed by atoms with Gasteiger partial charge in [-0.25, -0.2) is 8.78 Å². The summed E-state index contributed by atoms with van der Waals surface area (Å²) in [4.78, 5) is 2.32. The summed E-state index contributed by atoms with van der Waals surface area (Å²) in [5, 5.41) is 11.8. The number of aliphatic hydroxyl groups is 1. The van der Waals surface area contributed by atoms with Crippen LogP contribution in [0.25, 0.3) is 0 Å². The van der Waals surface area contributed by atoms with E-state index in [4.69, 9.17) is 23.2 Å². The average Bonchev–Trinajstić information content (AvgIpc) is 2.68. The Kier molecular flexibility index (Phi) is 6.40. The predicted octanol–water partition coefficient (Wildman–Crippen LogP) is 6.42. The van der Waals surface area contributed by atoms with Crippen molar-refractivity contribution in [1.82, 2.24) is 4.90 Å². The number of halogens is 4. The first kappa shape index (κ1) is 21.3. The van der Waals surface area contributed by atoms with E-state index in [1.165, 1.54) is 12.1 Å². The van der Waals surface area contributed by atoms with Crippen LogP contribution in [0.3, 0.4) is 0 Å². The summed E-state index contributed by atoms with van der Waals surface area (Å²) in [6.07, 6.45) is -0.445. The van der Waals surface area contributed by atoms with Crippen molar-refractivity contribution in [3.63, 3.8) is 0 Å². The topological polar surface area (TPSA) is 23.5 Å². The summed E-state index contributed by atoms with van der Waals surface area (Å²) in [5.41, 5.74) is 2.51. The van der Waals surface area contributed by atoms with Crippen LogP contribution in [0.5, 0.6) is 0 Å². The van der Waals surface area contributed by atoms with Gasteiger partial charge < -0.3 is 5.11 Å². The van der Waals surface area contributed by atoms with Crippen LogP contribution in [0.2, 0.25) is 10.0 Å². The molecule has 1 N–H and O–H groups in total. The Balaban J connectivity index is 1.47. The number of likely N-dealkylation sites (tertiary alicyclic amines) is 1. The predicted molar refractivity (Wildman–Crippen MR) is 116 cm³/mol. The molecule has 0 amide bonds. The zero-order valence-corrected chi connectivity index (χ0v) is 17.6. The van der Waals surface area contributed by atoms with E-state index in [9.17, 15) is 13.9 Å². The third-order valence-electron chi connectivity index (χ3n) is 5.55. The molecule has 0 radical (unpaired) electrons. The second-order valence-corrected chi connectivity index (χ2v) is 8.65. The smallest absolute Gasteiger partial charge is 0.126 e. The van der Waals surface area contributed by atoms with Gasteiger partial charge in [0.15, 0.2) is 0 Å². The van der Waals surface area contributed by atoms with Gasteiger partial charge >= 0.3 is 0 Å². The molecule has 3 aromatic rings. The lowest BCUT2D eigenvalue weighted by Crippen LogP contribution is -2.49. The molecular weight excluding hydrogens is 427 g/mol. The Hall–Kier alpha value is -1.98. The van der Waals surface area contributed by atoms with Crippen LogP contribution in [0.1, 0.15) is 35.3 Å². The Morgan fingerprint density at radius 1 is 0.800 bits per heavy atom. The van der Waals surface area contributed by atoms with Gasteiger partial charge in [-0.05, 0) is 65.4 Å².